The lowest BCUT2D eigenvalue weighted by molar-refractivity contribution is -0.138. The van der Waals surface area contributed by atoms with E-state index in [1.165, 1.54) is 0 Å². The third-order valence-corrected chi connectivity index (χ3v) is 2.40. The van der Waals surface area contributed by atoms with Gasteiger partial charge in [0, 0.05) is 5.75 Å². The van der Waals surface area contributed by atoms with Gasteiger partial charge >= 0.3 is 5.97 Å². The van der Waals surface area contributed by atoms with Gasteiger partial charge in [-0.25, -0.2) is 0 Å². The van der Waals surface area contributed by atoms with Crippen LogP contribution < -0.4 is 0 Å². The molecule has 0 fully saturated rings. The zero-order chi connectivity index (χ0) is 9.84. The van der Waals surface area contributed by atoms with Crippen molar-refractivity contribution >= 4 is 18.6 Å². The highest BCUT2D eigenvalue weighted by Gasteiger charge is 2.12. The number of rotatable bonds is 3. The SMILES string of the molecule is C[C@@H](C(=O)O)c1ccc(CS)cc1. The fourth-order valence-electron chi connectivity index (χ4n) is 1.05. The van der Waals surface area contributed by atoms with Crippen LogP contribution in [-0.2, 0) is 10.5 Å². The Morgan fingerprint density at radius 3 is 2.38 bits per heavy atom. The first-order chi connectivity index (χ1) is 6.15. The van der Waals surface area contributed by atoms with Crippen molar-refractivity contribution in [1.82, 2.24) is 0 Å². The minimum absolute atomic E-state index is 0.436. The van der Waals surface area contributed by atoms with Crippen LogP contribution in [0.2, 0.25) is 0 Å². The fraction of sp³-hybridized carbons (Fsp3) is 0.300. The maximum Gasteiger partial charge on any atom is 0.310 e. The van der Waals surface area contributed by atoms with Gasteiger partial charge in [-0.2, -0.15) is 12.6 Å². The molecule has 0 aliphatic heterocycles. The standard InChI is InChI=1S/C10H12O2S/c1-7(10(11)12)9-4-2-8(6-13)3-5-9/h2-5,7,13H,6H2,1H3,(H,11,12)/t7-/m1/s1. The summed E-state index contributed by atoms with van der Waals surface area (Å²) >= 11 is 4.12. The number of carboxylic acid groups (broad SMARTS) is 1. The summed E-state index contributed by atoms with van der Waals surface area (Å²) in [5.41, 5.74) is 1.93. The molecule has 3 heteroatoms. The Bertz CT molecular complexity index is 292. The largest absolute Gasteiger partial charge is 0.481 e. The molecule has 0 aliphatic rings. The van der Waals surface area contributed by atoms with Gasteiger partial charge in [0.25, 0.3) is 0 Å². The molecule has 0 radical (unpaired) electrons. The van der Waals surface area contributed by atoms with E-state index in [-0.39, 0.29) is 0 Å². The van der Waals surface area contributed by atoms with Crippen molar-refractivity contribution in [1.29, 1.82) is 0 Å². The molecular weight excluding hydrogens is 184 g/mol. The summed E-state index contributed by atoms with van der Waals surface area (Å²) in [4.78, 5) is 10.6. The molecule has 0 bridgehead atoms. The van der Waals surface area contributed by atoms with Gasteiger partial charge in [-0.05, 0) is 18.1 Å². The number of hydrogen-bond donors (Lipinski definition) is 2. The molecule has 0 spiro atoms. The summed E-state index contributed by atoms with van der Waals surface area (Å²) < 4.78 is 0. The molecule has 1 aromatic rings. The van der Waals surface area contributed by atoms with Crippen LogP contribution >= 0.6 is 12.6 Å². The molecule has 0 saturated carbocycles. The number of benzene rings is 1. The highest BCUT2D eigenvalue weighted by Crippen LogP contribution is 2.16. The Labute approximate surface area is 83.0 Å². The molecule has 1 aromatic carbocycles. The Balaban J connectivity index is 2.85. The first-order valence-electron chi connectivity index (χ1n) is 4.07. The molecule has 70 valence electrons. The van der Waals surface area contributed by atoms with Crippen molar-refractivity contribution in [3.8, 4) is 0 Å². The maximum atomic E-state index is 10.6. The summed E-state index contributed by atoms with van der Waals surface area (Å²) in [6, 6.07) is 7.48. The van der Waals surface area contributed by atoms with E-state index in [9.17, 15) is 4.79 Å². The number of hydrogen-bond acceptors (Lipinski definition) is 2. The lowest BCUT2D eigenvalue weighted by Crippen LogP contribution is -2.07. The van der Waals surface area contributed by atoms with Gasteiger partial charge in [0.15, 0.2) is 0 Å². The maximum absolute atomic E-state index is 10.6. The predicted molar refractivity (Wildman–Crippen MR) is 55.2 cm³/mol. The Kier molecular flexibility index (Phi) is 3.37. The molecule has 0 saturated heterocycles. The lowest BCUT2D eigenvalue weighted by atomic mass is 10.0. The van der Waals surface area contributed by atoms with Gasteiger partial charge in [-0.3, -0.25) is 4.79 Å². The van der Waals surface area contributed by atoms with Crippen molar-refractivity contribution in [2.45, 2.75) is 18.6 Å². The Morgan fingerprint density at radius 2 is 2.00 bits per heavy atom. The molecule has 0 aromatic heterocycles. The van der Waals surface area contributed by atoms with Gasteiger partial charge in [-0.1, -0.05) is 24.3 Å². The molecule has 13 heavy (non-hydrogen) atoms. The third-order valence-electron chi connectivity index (χ3n) is 2.03. The van der Waals surface area contributed by atoms with Crippen molar-refractivity contribution in [3.63, 3.8) is 0 Å². The Morgan fingerprint density at radius 1 is 1.46 bits per heavy atom. The third kappa shape index (κ3) is 2.49. The first kappa shape index (κ1) is 10.1. The predicted octanol–water partition coefficient (Wildman–Crippen LogP) is 2.30. The van der Waals surface area contributed by atoms with Crippen LogP contribution in [0, 0.1) is 0 Å². The highest BCUT2D eigenvalue weighted by atomic mass is 32.1. The minimum Gasteiger partial charge on any atom is -0.481 e. The first-order valence-corrected chi connectivity index (χ1v) is 4.71. The van der Waals surface area contributed by atoms with E-state index in [0.717, 1.165) is 11.1 Å². The van der Waals surface area contributed by atoms with E-state index in [1.54, 1.807) is 6.92 Å². The molecule has 2 nitrogen and oxygen atoms in total. The second-order valence-corrected chi connectivity index (χ2v) is 3.28. The number of aliphatic carboxylic acids is 1. The van der Waals surface area contributed by atoms with Crippen LogP contribution in [0.15, 0.2) is 24.3 Å². The monoisotopic (exact) mass is 196 g/mol. The summed E-state index contributed by atoms with van der Waals surface area (Å²) in [5, 5.41) is 8.75. The van der Waals surface area contributed by atoms with Crippen molar-refractivity contribution in [2.24, 2.45) is 0 Å². The quantitative estimate of drug-likeness (QED) is 0.728. The normalized spacial score (nSPS) is 12.5. The van der Waals surface area contributed by atoms with Gasteiger partial charge in [0.1, 0.15) is 0 Å². The van der Waals surface area contributed by atoms with Crippen LogP contribution in [0.4, 0.5) is 0 Å². The van der Waals surface area contributed by atoms with Gasteiger partial charge in [-0.15, -0.1) is 0 Å². The van der Waals surface area contributed by atoms with Gasteiger partial charge < -0.3 is 5.11 Å². The lowest BCUT2D eigenvalue weighted by Gasteiger charge is -2.06. The smallest absolute Gasteiger partial charge is 0.310 e. The van der Waals surface area contributed by atoms with Crippen LogP contribution in [0.5, 0.6) is 0 Å². The molecule has 1 atom stereocenters. The summed E-state index contributed by atoms with van der Waals surface area (Å²) in [7, 11) is 0. The summed E-state index contributed by atoms with van der Waals surface area (Å²) in [6.45, 7) is 1.68. The molecular formula is C10H12O2S. The zero-order valence-electron chi connectivity index (χ0n) is 7.40. The molecule has 1 rings (SSSR count). The van der Waals surface area contributed by atoms with Gasteiger partial charge in [0.2, 0.25) is 0 Å². The van der Waals surface area contributed by atoms with Gasteiger partial charge in [0.05, 0.1) is 5.92 Å². The van der Waals surface area contributed by atoms with Crippen molar-refractivity contribution < 1.29 is 9.90 Å². The van der Waals surface area contributed by atoms with Crippen LogP contribution in [0.1, 0.15) is 24.0 Å². The van der Waals surface area contributed by atoms with Crippen LogP contribution in [0.25, 0.3) is 0 Å². The molecule has 1 N–H and O–H groups in total. The summed E-state index contributed by atoms with van der Waals surface area (Å²) in [5.74, 6) is -0.547. The van der Waals surface area contributed by atoms with E-state index >= 15 is 0 Å². The highest BCUT2D eigenvalue weighted by molar-refractivity contribution is 7.79. The molecule has 0 heterocycles. The average molecular weight is 196 g/mol. The zero-order valence-corrected chi connectivity index (χ0v) is 8.29. The number of thiol groups is 1. The molecule has 0 unspecified atom stereocenters. The second-order valence-electron chi connectivity index (χ2n) is 2.96. The van der Waals surface area contributed by atoms with Crippen LogP contribution in [0.3, 0.4) is 0 Å². The topological polar surface area (TPSA) is 37.3 Å². The summed E-state index contributed by atoms with van der Waals surface area (Å²) in [6.07, 6.45) is 0. The molecule has 0 aliphatic carbocycles. The van der Waals surface area contributed by atoms with E-state index in [0.29, 0.717) is 5.75 Å². The fourth-order valence-corrected chi connectivity index (χ4v) is 1.27. The average Bonchev–Trinajstić information content (AvgIpc) is 2.17. The number of carbonyl (C=O) groups is 1. The second kappa shape index (κ2) is 4.33. The van der Waals surface area contributed by atoms with Crippen LogP contribution in [-0.4, -0.2) is 11.1 Å². The minimum atomic E-state index is -0.793. The van der Waals surface area contributed by atoms with E-state index < -0.39 is 11.9 Å². The van der Waals surface area contributed by atoms with E-state index in [4.69, 9.17) is 5.11 Å². The molecule has 0 amide bonds. The number of carboxylic acids is 1. The van der Waals surface area contributed by atoms with Crippen molar-refractivity contribution in [3.05, 3.63) is 35.4 Å². The van der Waals surface area contributed by atoms with E-state index in [1.807, 2.05) is 24.3 Å². The van der Waals surface area contributed by atoms with Crippen molar-refractivity contribution in [2.75, 3.05) is 0 Å². The Hall–Kier alpha value is -0.960. The van der Waals surface area contributed by atoms with E-state index in [2.05, 4.69) is 12.6 Å².